The standard InChI is InChI=1S/C14H20N4O5/c1-7-9(11(19)20)2-3-10(14(7,16)12(21)22)17-13(23)18-5-4-8(15)6-18/h2-3,7-8H,4-6,15-16H2,1H3,(H,17,23)(H,19,20)(H,21,22). The summed E-state index contributed by atoms with van der Waals surface area (Å²) in [4.78, 5) is 36.5. The van der Waals surface area contributed by atoms with E-state index in [0.29, 0.717) is 19.5 Å². The summed E-state index contributed by atoms with van der Waals surface area (Å²) in [6, 6.07) is -0.611. The Balaban J connectivity index is 2.29. The molecule has 2 aliphatic rings. The molecular weight excluding hydrogens is 304 g/mol. The molecule has 0 spiro atoms. The summed E-state index contributed by atoms with van der Waals surface area (Å²) in [6.07, 6.45) is 3.15. The molecule has 0 aromatic carbocycles. The Morgan fingerprint density at radius 2 is 2.00 bits per heavy atom. The van der Waals surface area contributed by atoms with Crippen molar-refractivity contribution in [1.29, 1.82) is 0 Å². The lowest BCUT2D eigenvalue weighted by atomic mass is 9.75. The number of carboxylic acids is 2. The SMILES string of the molecule is CC1C(C(=O)O)=CC=C(NC(=O)N2CCC(N)C2)C1(N)C(=O)O. The normalized spacial score (nSPS) is 30.5. The summed E-state index contributed by atoms with van der Waals surface area (Å²) in [5, 5.41) is 21.1. The molecule has 0 radical (unpaired) electrons. The lowest BCUT2D eigenvalue weighted by molar-refractivity contribution is -0.143. The number of urea groups is 1. The maximum absolute atomic E-state index is 12.2. The van der Waals surface area contributed by atoms with E-state index in [1.54, 1.807) is 0 Å². The quantitative estimate of drug-likeness (QED) is 0.447. The molecule has 2 rings (SSSR count). The molecule has 1 saturated heterocycles. The van der Waals surface area contributed by atoms with Gasteiger partial charge in [0.05, 0.1) is 5.70 Å². The van der Waals surface area contributed by atoms with Crippen molar-refractivity contribution in [2.45, 2.75) is 24.9 Å². The second-order valence-electron chi connectivity index (χ2n) is 5.83. The van der Waals surface area contributed by atoms with Crippen LogP contribution in [0, 0.1) is 5.92 Å². The Morgan fingerprint density at radius 1 is 1.35 bits per heavy atom. The van der Waals surface area contributed by atoms with Gasteiger partial charge >= 0.3 is 18.0 Å². The molecule has 2 amide bonds. The van der Waals surface area contributed by atoms with Gasteiger partial charge in [-0.05, 0) is 18.6 Å². The highest BCUT2D eigenvalue weighted by molar-refractivity contribution is 5.94. The summed E-state index contributed by atoms with van der Waals surface area (Å²) in [7, 11) is 0. The van der Waals surface area contributed by atoms with Gasteiger partial charge in [0.1, 0.15) is 0 Å². The van der Waals surface area contributed by atoms with Crippen LogP contribution in [0.1, 0.15) is 13.3 Å². The van der Waals surface area contributed by atoms with E-state index in [-0.39, 0.29) is 17.3 Å². The Bertz CT molecular complexity index is 614. The van der Waals surface area contributed by atoms with Gasteiger partial charge in [0.15, 0.2) is 5.54 Å². The van der Waals surface area contributed by atoms with E-state index in [2.05, 4.69) is 5.32 Å². The summed E-state index contributed by atoms with van der Waals surface area (Å²) in [6.45, 7) is 2.24. The second-order valence-corrected chi connectivity index (χ2v) is 5.83. The largest absolute Gasteiger partial charge is 0.480 e. The van der Waals surface area contributed by atoms with Gasteiger partial charge in [0.25, 0.3) is 0 Å². The van der Waals surface area contributed by atoms with Crippen molar-refractivity contribution >= 4 is 18.0 Å². The predicted octanol–water partition coefficient (Wildman–Crippen LogP) is -0.944. The molecule has 7 N–H and O–H groups in total. The molecule has 9 nitrogen and oxygen atoms in total. The highest BCUT2D eigenvalue weighted by atomic mass is 16.4. The van der Waals surface area contributed by atoms with Gasteiger partial charge in [0, 0.05) is 30.6 Å². The number of nitrogens with zero attached hydrogens (tertiary/aromatic N) is 1. The lowest BCUT2D eigenvalue weighted by Crippen LogP contribution is -2.61. The van der Waals surface area contributed by atoms with Crippen molar-refractivity contribution in [1.82, 2.24) is 10.2 Å². The molecule has 3 unspecified atom stereocenters. The Hall–Kier alpha value is -2.39. The van der Waals surface area contributed by atoms with E-state index in [1.807, 2.05) is 0 Å². The first-order chi connectivity index (χ1) is 10.7. The Morgan fingerprint density at radius 3 is 2.48 bits per heavy atom. The van der Waals surface area contributed by atoms with E-state index in [1.165, 1.54) is 24.0 Å². The molecule has 0 aromatic rings. The van der Waals surface area contributed by atoms with Crippen molar-refractivity contribution in [2.75, 3.05) is 13.1 Å². The van der Waals surface area contributed by atoms with E-state index in [0.717, 1.165) is 0 Å². The molecular formula is C14H20N4O5. The molecule has 9 heteroatoms. The number of likely N-dealkylation sites (tertiary alicyclic amines) is 1. The number of amides is 2. The number of hydrogen-bond acceptors (Lipinski definition) is 5. The molecule has 126 valence electrons. The number of hydrogen-bond donors (Lipinski definition) is 5. The minimum absolute atomic E-state index is 0.0482. The minimum Gasteiger partial charge on any atom is -0.480 e. The second kappa shape index (κ2) is 6.01. The average Bonchev–Trinajstić information content (AvgIpc) is 2.90. The summed E-state index contributed by atoms with van der Waals surface area (Å²) in [5.41, 5.74) is 9.50. The van der Waals surface area contributed by atoms with Crippen LogP contribution in [0.15, 0.2) is 23.4 Å². The van der Waals surface area contributed by atoms with Gasteiger partial charge in [-0.2, -0.15) is 0 Å². The highest BCUT2D eigenvalue weighted by Crippen LogP contribution is 2.32. The fraction of sp³-hybridized carbons (Fsp3) is 0.500. The maximum atomic E-state index is 12.2. The lowest BCUT2D eigenvalue weighted by Gasteiger charge is -2.36. The Labute approximate surface area is 132 Å². The molecule has 3 atom stereocenters. The first-order valence-corrected chi connectivity index (χ1v) is 7.17. The average molecular weight is 324 g/mol. The number of aliphatic carboxylic acids is 2. The number of rotatable bonds is 3. The number of carbonyl (C=O) groups excluding carboxylic acids is 1. The third-order valence-electron chi connectivity index (χ3n) is 4.38. The van der Waals surface area contributed by atoms with Crippen LogP contribution in [0.5, 0.6) is 0 Å². The highest BCUT2D eigenvalue weighted by Gasteiger charge is 2.49. The Kier molecular flexibility index (Phi) is 4.44. The van der Waals surface area contributed by atoms with Crippen LogP contribution in [0.3, 0.4) is 0 Å². The van der Waals surface area contributed by atoms with Crippen molar-refractivity contribution in [2.24, 2.45) is 17.4 Å². The topological polar surface area (TPSA) is 159 Å². The van der Waals surface area contributed by atoms with E-state index >= 15 is 0 Å². The van der Waals surface area contributed by atoms with Crippen LogP contribution in [0.25, 0.3) is 0 Å². The van der Waals surface area contributed by atoms with Crippen LogP contribution in [-0.2, 0) is 9.59 Å². The predicted molar refractivity (Wildman–Crippen MR) is 80.2 cm³/mol. The van der Waals surface area contributed by atoms with Crippen molar-refractivity contribution in [3.8, 4) is 0 Å². The van der Waals surface area contributed by atoms with E-state index in [9.17, 15) is 19.5 Å². The number of carboxylic acid groups (broad SMARTS) is 2. The zero-order valence-corrected chi connectivity index (χ0v) is 12.7. The van der Waals surface area contributed by atoms with Crippen LogP contribution in [0.2, 0.25) is 0 Å². The van der Waals surface area contributed by atoms with Gasteiger partial charge in [-0.1, -0.05) is 6.92 Å². The number of carbonyl (C=O) groups is 3. The molecule has 23 heavy (non-hydrogen) atoms. The van der Waals surface area contributed by atoms with E-state index in [4.69, 9.17) is 16.6 Å². The summed E-state index contributed by atoms with van der Waals surface area (Å²) in [5.74, 6) is -3.68. The van der Waals surface area contributed by atoms with Crippen molar-refractivity contribution in [3.63, 3.8) is 0 Å². The van der Waals surface area contributed by atoms with Crippen molar-refractivity contribution in [3.05, 3.63) is 23.4 Å². The zero-order chi connectivity index (χ0) is 17.4. The van der Waals surface area contributed by atoms with Gasteiger partial charge in [-0.15, -0.1) is 0 Å². The minimum atomic E-state index is -2.03. The number of nitrogens with two attached hydrogens (primary N) is 2. The molecule has 0 saturated carbocycles. The van der Waals surface area contributed by atoms with Crippen molar-refractivity contribution < 1.29 is 24.6 Å². The molecule has 1 aliphatic heterocycles. The van der Waals surface area contributed by atoms with Crippen LogP contribution >= 0.6 is 0 Å². The molecule has 0 aromatic heterocycles. The van der Waals surface area contributed by atoms with Crippen LogP contribution < -0.4 is 16.8 Å². The van der Waals surface area contributed by atoms with Gasteiger partial charge in [0.2, 0.25) is 0 Å². The third kappa shape index (κ3) is 2.92. The van der Waals surface area contributed by atoms with Gasteiger partial charge in [-0.3, -0.25) is 0 Å². The molecule has 1 fully saturated rings. The van der Waals surface area contributed by atoms with Gasteiger partial charge in [-0.25, -0.2) is 14.4 Å². The first kappa shape index (κ1) is 17.0. The smallest absolute Gasteiger partial charge is 0.331 e. The fourth-order valence-corrected chi connectivity index (χ4v) is 2.80. The van der Waals surface area contributed by atoms with Gasteiger partial charge < -0.3 is 31.9 Å². The molecule has 1 heterocycles. The van der Waals surface area contributed by atoms with Crippen LogP contribution in [-0.4, -0.2) is 57.8 Å². The first-order valence-electron chi connectivity index (χ1n) is 7.17. The third-order valence-corrected chi connectivity index (χ3v) is 4.38. The zero-order valence-electron chi connectivity index (χ0n) is 12.7. The summed E-state index contributed by atoms with van der Waals surface area (Å²) >= 11 is 0. The monoisotopic (exact) mass is 324 g/mol. The molecule has 0 bridgehead atoms. The fourth-order valence-electron chi connectivity index (χ4n) is 2.80. The van der Waals surface area contributed by atoms with E-state index < -0.39 is 29.4 Å². The molecule has 1 aliphatic carbocycles. The number of allylic oxidation sites excluding steroid dienone is 2. The maximum Gasteiger partial charge on any atom is 0.331 e. The summed E-state index contributed by atoms with van der Waals surface area (Å²) < 4.78 is 0. The van der Waals surface area contributed by atoms with Crippen LogP contribution in [0.4, 0.5) is 4.79 Å². The number of nitrogens with one attached hydrogen (secondary N) is 1.